The monoisotopic (exact) mass is 442 g/mol. The SMILES string of the molecule is Cc1ccc(C)c(CCCCCCC2(C(=O)O)CC2)c1CCCCCCC1(C(=O)O)CC1. The van der Waals surface area contributed by atoms with Gasteiger partial charge in [-0.1, -0.05) is 50.7 Å². The summed E-state index contributed by atoms with van der Waals surface area (Å²) in [5.74, 6) is -1.18. The summed E-state index contributed by atoms with van der Waals surface area (Å²) >= 11 is 0. The lowest BCUT2D eigenvalue weighted by molar-refractivity contribution is -0.144. The van der Waals surface area contributed by atoms with E-state index in [9.17, 15) is 19.8 Å². The highest BCUT2D eigenvalue weighted by molar-refractivity contribution is 5.78. The normalized spacial score (nSPS) is 17.8. The third kappa shape index (κ3) is 6.36. The van der Waals surface area contributed by atoms with E-state index in [1.165, 1.54) is 47.9 Å². The van der Waals surface area contributed by atoms with Gasteiger partial charge in [0.05, 0.1) is 10.8 Å². The van der Waals surface area contributed by atoms with Gasteiger partial charge >= 0.3 is 11.9 Å². The van der Waals surface area contributed by atoms with Gasteiger partial charge in [0.25, 0.3) is 0 Å². The molecular formula is C28H42O4. The molecule has 178 valence electrons. The van der Waals surface area contributed by atoms with Crippen LogP contribution >= 0.6 is 0 Å². The number of aryl methyl sites for hydroxylation is 2. The number of carboxylic acids is 2. The van der Waals surface area contributed by atoms with Gasteiger partial charge in [0.1, 0.15) is 0 Å². The molecule has 2 aliphatic rings. The van der Waals surface area contributed by atoms with E-state index in [0.29, 0.717) is 0 Å². The Bertz CT molecular complexity index is 735. The number of unbranched alkanes of at least 4 members (excludes halogenated alkanes) is 6. The van der Waals surface area contributed by atoms with Crippen LogP contribution in [0.2, 0.25) is 0 Å². The Labute approximate surface area is 193 Å². The maximum atomic E-state index is 11.3. The Balaban J connectivity index is 1.37. The lowest BCUT2D eigenvalue weighted by Crippen LogP contribution is -2.14. The summed E-state index contributed by atoms with van der Waals surface area (Å²) in [4.78, 5) is 22.6. The first kappa shape index (κ1) is 24.8. The molecule has 2 saturated carbocycles. The molecule has 0 bridgehead atoms. The molecular weight excluding hydrogens is 400 g/mol. The topological polar surface area (TPSA) is 74.6 Å². The molecule has 2 aliphatic carbocycles. The predicted octanol–water partition coefficient (Wildman–Crippen LogP) is 7.02. The third-order valence-electron chi connectivity index (χ3n) is 8.18. The second-order valence-corrected chi connectivity index (χ2v) is 10.7. The molecule has 0 amide bonds. The van der Waals surface area contributed by atoms with Crippen LogP contribution in [-0.2, 0) is 22.4 Å². The molecule has 0 spiro atoms. The molecule has 2 fully saturated rings. The van der Waals surface area contributed by atoms with E-state index < -0.39 is 11.9 Å². The first-order valence-electron chi connectivity index (χ1n) is 12.8. The number of hydrogen-bond acceptors (Lipinski definition) is 2. The zero-order valence-corrected chi connectivity index (χ0v) is 20.2. The van der Waals surface area contributed by atoms with Crippen molar-refractivity contribution in [3.05, 3.63) is 34.4 Å². The maximum absolute atomic E-state index is 11.3. The van der Waals surface area contributed by atoms with E-state index in [2.05, 4.69) is 26.0 Å². The van der Waals surface area contributed by atoms with Crippen LogP contribution in [0.25, 0.3) is 0 Å². The smallest absolute Gasteiger partial charge is 0.309 e. The van der Waals surface area contributed by atoms with Crippen molar-refractivity contribution in [3.63, 3.8) is 0 Å². The standard InChI is InChI=1S/C28H42O4/c1-21-13-14-22(2)24(12-8-4-6-10-16-28(19-20-28)26(31)32)23(21)11-7-3-5-9-15-27(17-18-27)25(29)30/h13-14H,3-12,15-20H2,1-2H3,(H,29,30)(H,31,32). The summed E-state index contributed by atoms with van der Waals surface area (Å²) < 4.78 is 0. The quantitative estimate of drug-likeness (QED) is 0.270. The summed E-state index contributed by atoms with van der Waals surface area (Å²) in [6.07, 6.45) is 16.5. The van der Waals surface area contributed by atoms with E-state index >= 15 is 0 Å². The highest BCUT2D eigenvalue weighted by Crippen LogP contribution is 2.50. The molecule has 0 aromatic heterocycles. The van der Waals surface area contributed by atoms with Gasteiger partial charge in [-0.2, -0.15) is 0 Å². The molecule has 0 heterocycles. The fourth-order valence-electron chi connectivity index (χ4n) is 5.30. The average molecular weight is 443 g/mol. The Hall–Kier alpha value is -1.84. The van der Waals surface area contributed by atoms with Crippen molar-refractivity contribution >= 4 is 11.9 Å². The highest BCUT2D eigenvalue weighted by Gasteiger charge is 2.49. The van der Waals surface area contributed by atoms with E-state index in [1.54, 1.807) is 0 Å². The van der Waals surface area contributed by atoms with Crippen LogP contribution in [0.5, 0.6) is 0 Å². The molecule has 0 atom stereocenters. The van der Waals surface area contributed by atoms with Crippen molar-refractivity contribution < 1.29 is 19.8 Å². The molecule has 1 aromatic carbocycles. The average Bonchev–Trinajstić information content (AvgIpc) is 3.66. The Morgan fingerprint density at radius 1 is 0.656 bits per heavy atom. The Kier molecular flexibility index (Phi) is 8.41. The molecule has 4 nitrogen and oxygen atoms in total. The molecule has 0 saturated heterocycles. The van der Waals surface area contributed by atoms with Crippen LogP contribution in [0.3, 0.4) is 0 Å². The fraction of sp³-hybridized carbons (Fsp3) is 0.714. The summed E-state index contributed by atoms with van der Waals surface area (Å²) in [7, 11) is 0. The highest BCUT2D eigenvalue weighted by atomic mass is 16.4. The van der Waals surface area contributed by atoms with Crippen LogP contribution in [-0.4, -0.2) is 22.2 Å². The summed E-state index contributed by atoms with van der Waals surface area (Å²) in [6.45, 7) is 4.45. The molecule has 0 unspecified atom stereocenters. The van der Waals surface area contributed by atoms with Gasteiger partial charge in [-0.25, -0.2) is 0 Å². The minimum absolute atomic E-state index is 0.368. The number of benzene rings is 1. The molecule has 1 aromatic rings. The number of aliphatic carboxylic acids is 2. The summed E-state index contributed by atoms with van der Waals surface area (Å²) in [5.41, 5.74) is 5.10. The second kappa shape index (κ2) is 10.9. The van der Waals surface area contributed by atoms with Crippen molar-refractivity contribution in [2.45, 2.75) is 117 Å². The van der Waals surface area contributed by atoms with E-state index in [1.807, 2.05) is 0 Å². The van der Waals surface area contributed by atoms with Crippen LogP contribution < -0.4 is 0 Å². The van der Waals surface area contributed by atoms with Crippen LogP contribution in [0.1, 0.15) is 112 Å². The number of carboxylic acid groups (broad SMARTS) is 2. The number of rotatable bonds is 16. The van der Waals surface area contributed by atoms with Crippen molar-refractivity contribution in [1.82, 2.24) is 0 Å². The van der Waals surface area contributed by atoms with Crippen molar-refractivity contribution in [2.24, 2.45) is 10.8 Å². The third-order valence-corrected chi connectivity index (χ3v) is 8.18. The first-order valence-corrected chi connectivity index (χ1v) is 12.8. The molecule has 3 rings (SSSR count). The van der Waals surface area contributed by atoms with Gasteiger partial charge in [-0.15, -0.1) is 0 Å². The lowest BCUT2D eigenvalue weighted by Gasteiger charge is -2.16. The van der Waals surface area contributed by atoms with Crippen LogP contribution in [0.15, 0.2) is 12.1 Å². The van der Waals surface area contributed by atoms with Crippen LogP contribution in [0.4, 0.5) is 0 Å². The molecule has 0 radical (unpaired) electrons. The minimum atomic E-state index is -0.591. The minimum Gasteiger partial charge on any atom is -0.481 e. The van der Waals surface area contributed by atoms with Gasteiger partial charge in [0.15, 0.2) is 0 Å². The zero-order chi connectivity index (χ0) is 23.2. The predicted molar refractivity (Wildman–Crippen MR) is 128 cm³/mol. The Morgan fingerprint density at radius 2 is 1.00 bits per heavy atom. The van der Waals surface area contributed by atoms with Crippen molar-refractivity contribution in [3.8, 4) is 0 Å². The van der Waals surface area contributed by atoms with Crippen molar-refractivity contribution in [1.29, 1.82) is 0 Å². The van der Waals surface area contributed by atoms with Gasteiger partial charge < -0.3 is 10.2 Å². The summed E-state index contributed by atoms with van der Waals surface area (Å²) in [6, 6.07) is 4.50. The van der Waals surface area contributed by atoms with Crippen LogP contribution in [0, 0.1) is 24.7 Å². The Morgan fingerprint density at radius 3 is 1.31 bits per heavy atom. The number of hydrogen-bond donors (Lipinski definition) is 2. The van der Waals surface area contributed by atoms with Gasteiger partial charge in [0, 0.05) is 0 Å². The lowest BCUT2D eigenvalue weighted by atomic mass is 9.89. The van der Waals surface area contributed by atoms with E-state index in [-0.39, 0.29) is 10.8 Å². The second-order valence-electron chi connectivity index (χ2n) is 10.7. The van der Waals surface area contributed by atoms with E-state index in [4.69, 9.17) is 0 Å². The van der Waals surface area contributed by atoms with Gasteiger partial charge in [-0.05, 0) is 100 Å². The molecule has 0 aliphatic heterocycles. The van der Waals surface area contributed by atoms with Gasteiger partial charge in [0.2, 0.25) is 0 Å². The maximum Gasteiger partial charge on any atom is 0.309 e. The van der Waals surface area contributed by atoms with E-state index in [0.717, 1.165) is 77.0 Å². The first-order chi connectivity index (χ1) is 15.3. The zero-order valence-electron chi connectivity index (χ0n) is 20.2. The molecule has 4 heteroatoms. The number of carbonyl (C=O) groups is 2. The largest absolute Gasteiger partial charge is 0.481 e. The van der Waals surface area contributed by atoms with Crippen molar-refractivity contribution in [2.75, 3.05) is 0 Å². The fourth-order valence-corrected chi connectivity index (χ4v) is 5.30. The molecule has 2 N–H and O–H groups in total. The molecule has 32 heavy (non-hydrogen) atoms. The van der Waals surface area contributed by atoms with Gasteiger partial charge in [-0.3, -0.25) is 9.59 Å². The summed E-state index contributed by atoms with van der Waals surface area (Å²) in [5, 5.41) is 18.6.